The van der Waals surface area contributed by atoms with Gasteiger partial charge in [0.2, 0.25) is 5.91 Å². The maximum atomic E-state index is 11.8. The van der Waals surface area contributed by atoms with Crippen molar-refractivity contribution in [2.75, 3.05) is 0 Å². The Morgan fingerprint density at radius 2 is 1.67 bits per heavy atom. The van der Waals surface area contributed by atoms with Gasteiger partial charge in [-0.2, -0.15) is 0 Å². The van der Waals surface area contributed by atoms with Gasteiger partial charge in [0, 0.05) is 11.1 Å². The Morgan fingerprint density at radius 1 is 1.11 bits per heavy atom. The number of benzene rings is 1. The highest BCUT2D eigenvalue weighted by Crippen LogP contribution is 2.01. The average molecular weight is 248 g/mol. The summed E-state index contributed by atoms with van der Waals surface area (Å²) >= 11 is 0. The van der Waals surface area contributed by atoms with E-state index in [4.69, 9.17) is 0 Å². The third-order valence-corrected chi connectivity index (χ3v) is 2.28. The maximum Gasteiger partial charge on any atom is 0.251 e. The Bertz CT molecular complexity index is 421. The first-order valence-electron chi connectivity index (χ1n) is 5.97. The van der Waals surface area contributed by atoms with E-state index in [-0.39, 0.29) is 17.4 Å². The molecule has 98 valence electrons. The summed E-state index contributed by atoms with van der Waals surface area (Å²) in [7, 11) is 0. The fourth-order valence-electron chi connectivity index (χ4n) is 1.41. The fourth-order valence-corrected chi connectivity index (χ4v) is 1.41. The molecular formula is C14H20N2O2. The van der Waals surface area contributed by atoms with Crippen LogP contribution >= 0.6 is 0 Å². The molecule has 0 aliphatic rings. The van der Waals surface area contributed by atoms with Gasteiger partial charge in [0.25, 0.3) is 5.91 Å². The molecule has 0 fully saturated rings. The van der Waals surface area contributed by atoms with Crippen LogP contribution in [0.25, 0.3) is 0 Å². The molecule has 0 aliphatic carbocycles. The Balaban J connectivity index is 2.58. The van der Waals surface area contributed by atoms with Crippen molar-refractivity contribution >= 4 is 11.8 Å². The Morgan fingerprint density at radius 3 is 2.17 bits per heavy atom. The van der Waals surface area contributed by atoms with E-state index in [2.05, 4.69) is 10.6 Å². The van der Waals surface area contributed by atoms with Crippen LogP contribution in [0.5, 0.6) is 0 Å². The molecule has 1 rings (SSSR count). The van der Waals surface area contributed by atoms with Crippen LogP contribution in [0.15, 0.2) is 30.3 Å². The molecule has 1 aromatic carbocycles. The molecule has 18 heavy (non-hydrogen) atoms. The van der Waals surface area contributed by atoms with Crippen molar-refractivity contribution in [3.05, 3.63) is 35.9 Å². The lowest BCUT2D eigenvalue weighted by Crippen LogP contribution is -2.50. The second kappa shape index (κ2) is 5.67. The first-order chi connectivity index (χ1) is 8.29. The van der Waals surface area contributed by atoms with E-state index in [1.165, 1.54) is 0 Å². The molecule has 0 heterocycles. The van der Waals surface area contributed by atoms with Gasteiger partial charge in [-0.1, -0.05) is 18.2 Å². The Hall–Kier alpha value is -1.84. The van der Waals surface area contributed by atoms with E-state index < -0.39 is 6.04 Å². The van der Waals surface area contributed by atoms with E-state index in [1.54, 1.807) is 31.2 Å². The van der Waals surface area contributed by atoms with Gasteiger partial charge < -0.3 is 10.6 Å². The first-order valence-corrected chi connectivity index (χ1v) is 5.97. The molecule has 2 amide bonds. The van der Waals surface area contributed by atoms with Gasteiger partial charge in [0.05, 0.1) is 0 Å². The molecule has 4 nitrogen and oxygen atoms in total. The maximum absolute atomic E-state index is 11.8. The van der Waals surface area contributed by atoms with Crippen molar-refractivity contribution in [3.8, 4) is 0 Å². The van der Waals surface area contributed by atoms with Gasteiger partial charge in [-0.15, -0.1) is 0 Å². The summed E-state index contributed by atoms with van der Waals surface area (Å²) in [5.41, 5.74) is 0.246. The highest BCUT2D eigenvalue weighted by Gasteiger charge is 2.20. The summed E-state index contributed by atoms with van der Waals surface area (Å²) in [6.45, 7) is 7.37. The van der Waals surface area contributed by atoms with E-state index in [1.807, 2.05) is 26.8 Å². The second-order valence-electron chi connectivity index (χ2n) is 5.30. The van der Waals surface area contributed by atoms with Crippen molar-refractivity contribution in [1.82, 2.24) is 10.6 Å². The zero-order valence-corrected chi connectivity index (χ0v) is 11.3. The molecule has 0 saturated heterocycles. The van der Waals surface area contributed by atoms with Crippen molar-refractivity contribution < 1.29 is 9.59 Å². The average Bonchev–Trinajstić information content (AvgIpc) is 2.27. The van der Waals surface area contributed by atoms with E-state index in [0.29, 0.717) is 5.56 Å². The van der Waals surface area contributed by atoms with Crippen LogP contribution < -0.4 is 10.6 Å². The highest BCUT2D eigenvalue weighted by atomic mass is 16.2. The Kier molecular flexibility index (Phi) is 4.48. The summed E-state index contributed by atoms with van der Waals surface area (Å²) in [5, 5.41) is 5.49. The first kappa shape index (κ1) is 14.2. The van der Waals surface area contributed by atoms with E-state index in [0.717, 1.165) is 0 Å². The molecular weight excluding hydrogens is 228 g/mol. The number of hydrogen-bond donors (Lipinski definition) is 2. The van der Waals surface area contributed by atoms with Crippen LogP contribution in [0.1, 0.15) is 38.1 Å². The number of hydrogen-bond acceptors (Lipinski definition) is 2. The minimum Gasteiger partial charge on any atom is -0.350 e. The Labute approximate surface area is 108 Å². The molecule has 4 heteroatoms. The molecule has 2 N–H and O–H groups in total. The van der Waals surface area contributed by atoms with Crippen molar-refractivity contribution in [3.63, 3.8) is 0 Å². The van der Waals surface area contributed by atoms with Gasteiger partial charge in [0.1, 0.15) is 6.04 Å². The largest absolute Gasteiger partial charge is 0.350 e. The summed E-state index contributed by atoms with van der Waals surface area (Å²) in [6.07, 6.45) is 0. The predicted molar refractivity (Wildman–Crippen MR) is 71.3 cm³/mol. The smallest absolute Gasteiger partial charge is 0.251 e. The summed E-state index contributed by atoms with van der Waals surface area (Å²) in [5.74, 6) is -0.432. The third-order valence-electron chi connectivity index (χ3n) is 2.28. The summed E-state index contributed by atoms with van der Waals surface area (Å²) in [4.78, 5) is 23.6. The standard InChI is InChI=1S/C14H20N2O2/c1-10(12(17)16-14(2,3)4)15-13(18)11-8-6-5-7-9-11/h5-10H,1-4H3,(H,15,18)(H,16,17). The van der Waals surface area contributed by atoms with Gasteiger partial charge in [0.15, 0.2) is 0 Å². The van der Waals surface area contributed by atoms with Crippen LogP contribution in [-0.2, 0) is 4.79 Å². The monoisotopic (exact) mass is 248 g/mol. The molecule has 1 unspecified atom stereocenters. The molecule has 0 aliphatic heterocycles. The van der Waals surface area contributed by atoms with Crippen LogP contribution in [0.3, 0.4) is 0 Å². The van der Waals surface area contributed by atoms with Crippen LogP contribution in [-0.4, -0.2) is 23.4 Å². The molecule has 0 spiro atoms. The predicted octanol–water partition coefficient (Wildman–Crippen LogP) is 1.72. The zero-order valence-electron chi connectivity index (χ0n) is 11.3. The lowest BCUT2D eigenvalue weighted by Gasteiger charge is -2.23. The van der Waals surface area contributed by atoms with E-state index >= 15 is 0 Å². The van der Waals surface area contributed by atoms with Crippen LogP contribution in [0.4, 0.5) is 0 Å². The fraction of sp³-hybridized carbons (Fsp3) is 0.429. The number of nitrogens with one attached hydrogen (secondary N) is 2. The summed E-state index contributed by atoms with van der Waals surface area (Å²) < 4.78 is 0. The lowest BCUT2D eigenvalue weighted by molar-refractivity contribution is -0.124. The van der Waals surface area contributed by atoms with Gasteiger partial charge in [-0.25, -0.2) is 0 Å². The van der Waals surface area contributed by atoms with Crippen molar-refractivity contribution in [2.24, 2.45) is 0 Å². The highest BCUT2D eigenvalue weighted by molar-refractivity contribution is 5.97. The third kappa shape index (κ3) is 4.57. The summed E-state index contributed by atoms with van der Waals surface area (Å²) in [6, 6.07) is 8.28. The SMILES string of the molecule is CC(NC(=O)c1ccccc1)C(=O)NC(C)(C)C. The van der Waals surface area contributed by atoms with Crippen molar-refractivity contribution in [1.29, 1.82) is 0 Å². The molecule has 1 atom stereocenters. The van der Waals surface area contributed by atoms with Gasteiger partial charge in [-0.05, 0) is 39.8 Å². The zero-order chi connectivity index (χ0) is 13.8. The topological polar surface area (TPSA) is 58.2 Å². The van der Waals surface area contributed by atoms with Gasteiger partial charge in [-0.3, -0.25) is 9.59 Å². The lowest BCUT2D eigenvalue weighted by atomic mass is 10.1. The number of amides is 2. The normalized spacial score (nSPS) is 12.7. The van der Waals surface area contributed by atoms with Gasteiger partial charge >= 0.3 is 0 Å². The molecule has 0 aromatic heterocycles. The molecule has 0 saturated carbocycles. The molecule has 0 radical (unpaired) electrons. The molecule has 0 bridgehead atoms. The van der Waals surface area contributed by atoms with Crippen molar-refractivity contribution in [2.45, 2.75) is 39.3 Å². The minimum atomic E-state index is -0.558. The van der Waals surface area contributed by atoms with Crippen LogP contribution in [0, 0.1) is 0 Å². The molecule has 1 aromatic rings. The number of carbonyl (C=O) groups excluding carboxylic acids is 2. The number of carbonyl (C=O) groups is 2. The van der Waals surface area contributed by atoms with Crippen LogP contribution in [0.2, 0.25) is 0 Å². The number of rotatable bonds is 3. The quantitative estimate of drug-likeness (QED) is 0.855. The minimum absolute atomic E-state index is 0.188. The van der Waals surface area contributed by atoms with E-state index in [9.17, 15) is 9.59 Å². The second-order valence-corrected chi connectivity index (χ2v) is 5.30.